The second kappa shape index (κ2) is 7.09. The van der Waals surface area contributed by atoms with E-state index in [1.54, 1.807) is 0 Å². The first kappa shape index (κ1) is 14.6. The van der Waals surface area contributed by atoms with Gasteiger partial charge in [0.25, 0.3) is 0 Å². The molecule has 106 valence electrons. The van der Waals surface area contributed by atoms with Gasteiger partial charge in [-0.2, -0.15) is 0 Å². The van der Waals surface area contributed by atoms with Crippen molar-refractivity contribution in [1.82, 2.24) is 5.32 Å². The number of nitrogens with one attached hydrogen (secondary N) is 1. The maximum atomic E-state index is 3.72. The standard InChI is InChI=1S/C18H29N/c1-4-15(5-2)12-17(13-19-18-10-11-18)16-8-6-14(3)7-9-16/h6-9,15,17-19H,4-5,10-13H2,1-3H3. The maximum absolute atomic E-state index is 3.72. The summed E-state index contributed by atoms with van der Waals surface area (Å²) in [5.74, 6) is 1.55. The molecule has 1 aliphatic carbocycles. The van der Waals surface area contributed by atoms with Gasteiger partial charge < -0.3 is 5.32 Å². The zero-order chi connectivity index (χ0) is 13.7. The Morgan fingerprint density at radius 1 is 1.11 bits per heavy atom. The third kappa shape index (κ3) is 4.65. The summed E-state index contributed by atoms with van der Waals surface area (Å²) < 4.78 is 0. The molecule has 0 radical (unpaired) electrons. The highest BCUT2D eigenvalue weighted by Crippen LogP contribution is 2.28. The zero-order valence-electron chi connectivity index (χ0n) is 12.8. The summed E-state index contributed by atoms with van der Waals surface area (Å²) in [7, 11) is 0. The Labute approximate surface area is 118 Å². The second-order valence-corrected chi connectivity index (χ2v) is 6.21. The van der Waals surface area contributed by atoms with Crippen LogP contribution < -0.4 is 5.32 Å². The summed E-state index contributed by atoms with van der Waals surface area (Å²) in [5.41, 5.74) is 2.88. The van der Waals surface area contributed by atoms with Gasteiger partial charge in [-0.25, -0.2) is 0 Å². The van der Waals surface area contributed by atoms with E-state index in [2.05, 4.69) is 50.4 Å². The smallest absolute Gasteiger partial charge is 0.00684 e. The predicted molar refractivity (Wildman–Crippen MR) is 83.6 cm³/mol. The SMILES string of the molecule is CCC(CC)CC(CNC1CC1)c1ccc(C)cc1. The highest BCUT2D eigenvalue weighted by Gasteiger charge is 2.23. The fourth-order valence-corrected chi connectivity index (χ4v) is 2.80. The molecule has 0 aliphatic heterocycles. The Morgan fingerprint density at radius 3 is 2.26 bits per heavy atom. The van der Waals surface area contributed by atoms with Crippen molar-refractivity contribution in [2.45, 2.75) is 64.8 Å². The lowest BCUT2D eigenvalue weighted by Gasteiger charge is -2.23. The van der Waals surface area contributed by atoms with E-state index in [1.807, 2.05) is 0 Å². The number of rotatable bonds is 8. The first-order valence-electron chi connectivity index (χ1n) is 8.02. The van der Waals surface area contributed by atoms with E-state index < -0.39 is 0 Å². The van der Waals surface area contributed by atoms with Crippen LogP contribution in [0, 0.1) is 12.8 Å². The quantitative estimate of drug-likeness (QED) is 0.716. The Bertz CT molecular complexity index is 360. The Balaban J connectivity index is 2.00. The average molecular weight is 259 g/mol. The lowest BCUT2D eigenvalue weighted by Crippen LogP contribution is -2.25. The van der Waals surface area contributed by atoms with E-state index in [-0.39, 0.29) is 0 Å². The van der Waals surface area contributed by atoms with Crippen LogP contribution in [0.2, 0.25) is 0 Å². The summed E-state index contributed by atoms with van der Waals surface area (Å²) in [6, 6.07) is 9.99. The first-order chi connectivity index (χ1) is 9.22. The van der Waals surface area contributed by atoms with Crippen LogP contribution in [-0.2, 0) is 0 Å². The predicted octanol–water partition coefficient (Wildman–Crippen LogP) is 4.66. The molecule has 1 aromatic carbocycles. The fourth-order valence-electron chi connectivity index (χ4n) is 2.80. The second-order valence-electron chi connectivity index (χ2n) is 6.21. The molecule has 2 rings (SSSR count). The van der Waals surface area contributed by atoms with Gasteiger partial charge in [-0.15, -0.1) is 0 Å². The Hall–Kier alpha value is -0.820. The van der Waals surface area contributed by atoms with Crippen LogP contribution in [0.5, 0.6) is 0 Å². The van der Waals surface area contributed by atoms with Gasteiger partial charge in [0.2, 0.25) is 0 Å². The summed E-state index contributed by atoms with van der Waals surface area (Å²) in [4.78, 5) is 0. The summed E-state index contributed by atoms with van der Waals surface area (Å²) in [6.45, 7) is 7.98. The molecule has 0 heterocycles. The van der Waals surface area contributed by atoms with Gasteiger partial charge in [-0.05, 0) is 43.6 Å². The summed E-state index contributed by atoms with van der Waals surface area (Å²) in [6.07, 6.45) is 6.71. The number of hydrogen-bond acceptors (Lipinski definition) is 1. The molecule has 1 N–H and O–H groups in total. The normalized spacial score (nSPS) is 16.8. The third-order valence-electron chi connectivity index (χ3n) is 4.55. The monoisotopic (exact) mass is 259 g/mol. The van der Waals surface area contributed by atoms with Crippen LogP contribution in [0.25, 0.3) is 0 Å². The minimum absolute atomic E-state index is 0.686. The maximum Gasteiger partial charge on any atom is 0.00684 e. The van der Waals surface area contributed by atoms with Gasteiger partial charge in [-0.1, -0.05) is 56.5 Å². The lowest BCUT2D eigenvalue weighted by molar-refractivity contribution is 0.397. The first-order valence-corrected chi connectivity index (χ1v) is 8.02. The van der Waals surface area contributed by atoms with Crippen LogP contribution in [-0.4, -0.2) is 12.6 Å². The minimum atomic E-state index is 0.686. The van der Waals surface area contributed by atoms with Crippen molar-refractivity contribution in [3.63, 3.8) is 0 Å². The molecular weight excluding hydrogens is 230 g/mol. The van der Waals surface area contributed by atoms with Crippen LogP contribution in [0.4, 0.5) is 0 Å². The Kier molecular flexibility index (Phi) is 5.45. The molecule has 0 spiro atoms. The highest BCUT2D eigenvalue weighted by molar-refractivity contribution is 5.25. The van der Waals surface area contributed by atoms with Gasteiger partial charge in [0.1, 0.15) is 0 Å². The molecule has 0 amide bonds. The average Bonchev–Trinajstić information content (AvgIpc) is 3.25. The lowest BCUT2D eigenvalue weighted by atomic mass is 9.86. The topological polar surface area (TPSA) is 12.0 Å². The fraction of sp³-hybridized carbons (Fsp3) is 0.667. The molecule has 1 aromatic rings. The van der Waals surface area contributed by atoms with Crippen molar-refractivity contribution < 1.29 is 0 Å². The molecule has 1 atom stereocenters. The molecule has 1 nitrogen and oxygen atoms in total. The largest absolute Gasteiger partial charge is 0.313 e. The minimum Gasteiger partial charge on any atom is -0.313 e. The summed E-state index contributed by atoms with van der Waals surface area (Å²) >= 11 is 0. The molecule has 1 unspecified atom stereocenters. The number of benzene rings is 1. The van der Waals surface area contributed by atoms with Crippen molar-refractivity contribution in [3.05, 3.63) is 35.4 Å². The molecule has 0 aromatic heterocycles. The van der Waals surface area contributed by atoms with Gasteiger partial charge in [-0.3, -0.25) is 0 Å². The molecule has 0 bridgehead atoms. The van der Waals surface area contributed by atoms with Crippen molar-refractivity contribution in [1.29, 1.82) is 0 Å². The molecule has 1 fully saturated rings. The Morgan fingerprint density at radius 2 is 1.74 bits per heavy atom. The molecule has 1 heteroatoms. The molecule has 1 aliphatic rings. The molecule has 0 saturated heterocycles. The van der Waals surface area contributed by atoms with E-state index in [4.69, 9.17) is 0 Å². The zero-order valence-corrected chi connectivity index (χ0v) is 12.8. The highest BCUT2D eigenvalue weighted by atomic mass is 14.9. The van der Waals surface area contributed by atoms with Crippen molar-refractivity contribution in [2.75, 3.05) is 6.54 Å². The molecule has 1 saturated carbocycles. The van der Waals surface area contributed by atoms with Crippen LogP contribution >= 0.6 is 0 Å². The third-order valence-corrected chi connectivity index (χ3v) is 4.55. The van der Waals surface area contributed by atoms with Crippen LogP contribution in [0.3, 0.4) is 0 Å². The molecular formula is C18H29N. The number of hydrogen-bond donors (Lipinski definition) is 1. The van der Waals surface area contributed by atoms with Crippen molar-refractivity contribution in [3.8, 4) is 0 Å². The van der Waals surface area contributed by atoms with Gasteiger partial charge in [0, 0.05) is 12.6 Å². The van der Waals surface area contributed by atoms with Crippen molar-refractivity contribution in [2.24, 2.45) is 5.92 Å². The van der Waals surface area contributed by atoms with Gasteiger partial charge in [0.05, 0.1) is 0 Å². The summed E-state index contributed by atoms with van der Waals surface area (Å²) in [5, 5.41) is 3.72. The number of aryl methyl sites for hydroxylation is 1. The van der Waals surface area contributed by atoms with Gasteiger partial charge >= 0.3 is 0 Å². The van der Waals surface area contributed by atoms with Crippen molar-refractivity contribution >= 4 is 0 Å². The van der Waals surface area contributed by atoms with E-state index in [0.29, 0.717) is 5.92 Å². The van der Waals surface area contributed by atoms with Crippen LogP contribution in [0.15, 0.2) is 24.3 Å². The van der Waals surface area contributed by atoms with E-state index in [1.165, 1.54) is 43.2 Å². The molecule has 19 heavy (non-hydrogen) atoms. The van der Waals surface area contributed by atoms with E-state index in [0.717, 1.165) is 18.5 Å². The van der Waals surface area contributed by atoms with Crippen LogP contribution in [0.1, 0.15) is 63.0 Å². The van der Waals surface area contributed by atoms with Gasteiger partial charge in [0.15, 0.2) is 0 Å². The van der Waals surface area contributed by atoms with E-state index in [9.17, 15) is 0 Å². The van der Waals surface area contributed by atoms with E-state index >= 15 is 0 Å².